The molecular formula is C17H16N4O. The summed E-state index contributed by atoms with van der Waals surface area (Å²) in [6.45, 7) is 0.936. The molecule has 1 N–H and O–H groups in total. The van der Waals surface area contributed by atoms with Gasteiger partial charge in [-0.15, -0.1) is 0 Å². The third-order valence-corrected chi connectivity index (χ3v) is 3.72. The van der Waals surface area contributed by atoms with E-state index in [1.165, 1.54) is 11.8 Å². The van der Waals surface area contributed by atoms with Crippen LogP contribution in [0.25, 0.3) is 0 Å². The summed E-state index contributed by atoms with van der Waals surface area (Å²) in [5.74, 6) is 0.621. The van der Waals surface area contributed by atoms with Gasteiger partial charge in [-0.3, -0.25) is 4.79 Å². The van der Waals surface area contributed by atoms with Crippen LogP contribution in [0.15, 0.2) is 42.6 Å². The van der Waals surface area contributed by atoms with Crippen molar-refractivity contribution in [3.05, 3.63) is 53.7 Å². The third-order valence-electron chi connectivity index (χ3n) is 3.72. The van der Waals surface area contributed by atoms with Crippen LogP contribution < -0.4 is 10.2 Å². The number of hydrogen-bond donors (Lipinski definition) is 1. The van der Waals surface area contributed by atoms with Gasteiger partial charge >= 0.3 is 0 Å². The number of para-hydroxylation sites is 1. The molecule has 110 valence electrons. The predicted molar refractivity (Wildman–Crippen MR) is 84.6 cm³/mol. The molecule has 0 radical (unpaired) electrons. The Hall–Kier alpha value is -2.87. The van der Waals surface area contributed by atoms with Crippen molar-refractivity contribution in [1.82, 2.24) is 4.98 Å². The van der Waals surface area contributed by atoms with Gasteiger partial charge in [0.15, 0.2) is 0 Å². The Bertz CT molecular complexity index is 718. The Morgan fingerprint density at radius 2 is 2.18 bits per heavy atom. The summed E-state index contributed by atoms with van der Waals surface area (Å²) in [6.07, 6.45) is 3.49. The van der Waals surface area contributed by atoms with Gasteiger partial charge < -0.3 is 10.2 Å². The molecule has 0 saturated carbocycles. The lowest BCUT2D eigenvalue weighted by Crippen LogP contribution is -2.39. The zero-order chi connectivity index (χ0) is 15.4. The number of pyridine rings is 1. The minimum atomic E-state index is 0.0262. The molecule has 0 spiro atoms. The highest BCUT2D eigenvalue weighted by atomic mass is 16.2. The van der Waals surface area contributed by atoms with E-state index in [1.54, 1.807) is 12.1 Å². The summed E-state index contributed by atoms with van der Waals surface area (Å²) in [5.41, 5.74) is 2.73. The van der Waals surface area contributed by atoms with E-state index in [0.29, 0.717) is 11.4 Å². The molecule has 1 aromatic heterocycles. The highest BCUT2D eigenvalue weighted by Crippen LogP contribution is 2.26. The smallest absolute Gasteiger partial charge is 0.246 e. The Balaban J connectivity index is 1.66. The van der Waals surface area contributed by atoms with Crippen LogP contribution in [0.1, 0.15) is 17.5 Å². The molecule has 0 atom stereocenters. The van der Waals surface area contributed by atoms with Crippen LogP contribution in [-0.4, -0.2) is 24.0 Å². The zero-order valence-electron chi connectivity index (χ0n) is 12.1. The Morgan fingerprint density at radius 3 is 2.95 bits per heavy atom. The zero-order valence-corrected chi connectivity index (χ0v) is 12.1. The summed E-state index contributed by atoms with van der Waals surface area (Å²) in [6, 6.07) is 13.4. The largest absolute Gasteiger partial charge is 0.361 e. The topological polar surface area (TPSA) is 69.0 Å². The molecule has 22 heavy (non-hydrogen) atoms. The maximum absolute atomic E-state index is 12.4. The van der Waals surface area contributed by atoms with Crippen molar-refractivity contribution in [3.8, 4) is 6.07 Å². The number of amides is 1. The number of nitrogens with one attached hydrogen (secondary N) is 1. The molecule has 0 unspecified atom stereocenters. The molecule has 3 rings (SSSR count). The van der Waals surface area contributed by atoms with Gasteiger partial charge in [0, 0.05) is 18.4 Å². The molecule has 5 nitrogen and oxygen atoms in total. The van der Waals surface area contributed by atoms with Crippen molar-refractivity contribution in [2.75, 3.05) is 23.3 Å². The van der Waals surface area contributed by atoms with Crippen molar-refractivity contribution in [2.45, 2.75) is 12.8 Å². The van der Waals surface area contributed by atoms with Gasteiger partial charge in [-0.1, -0.05) is 18.2 Å². The summed E-state index contributed by atoms with van der Waals surface area (Å²) >= 11 is 0. The quantitative estimate of drug-likeness (QED) is 0.942. The van der Waals surface area contributed by atoms with E-state index in [1.807, 2.05) is 29.2 Å². The number of benzene rings is 1. The van der Waals surface area contributed by atoms with Crippen LogP contribution in [0, 0.1) is 11.3 Å². The van der Waals surface area contributed by atoms with Crippen molar-refractivity contribution < 1.29 is 4.79 Å². The van der Waals surface area contributed by atoms with Crippen LogP contribution in [0.3, 0.4) is 0 Å². The van der Waals surface area contributed by atoms with E-state index in [9.17, 15) is 4.79 Å². The number of nitriles is 1. The summed E-state index contributed by atoms with van der Waals surface area (Å²) in [5, 5.41) is 11.8. The van der Waals surface area contributed by atoms with Gasteiger partial charge in [-0.05, 0) is 36.6 Å². The van der Waals surface area contributed by atoms with E-state index in [4.69, 9.17) is 5.26 Å². The van der Waals surface area contributed by atoms with Crippen LogP contribution in [-0.2, 0) is 11.2 Å². The van der Waals surface area contributed by atoms with Gasteiger partial charge in [0.2, 0.25) is 5.91 Å². The number of fused-ring (bicyclic) bond motifs is 1. The minimum Gasteiger partial charge on any atom is -0.361 e. The highest BCUT2D eigenvalue weighted by Gasteiger charge is 2.21. The van der Waals surface area contributed by atoms with Crippen molar-refractivity contribution in [2.24, 2.45) is 0 Å². The fourth-order valence-corrected chi connectivity index (χ4v) is 2.62. The first-order chi connectivity index (χ1) is 10.8. The standard InChI is InChI=1S/C17H16N4O/c18-10-13-7-8-16(19-11-13)20-12-17(22)21-9-3-5-14-4-1-2-6-15(14)21/h1-2,4,6-8,11H,3,5,9,12H2,(H,19,20). The molecule has 0 bridgehead atoms. The number of rotatable bonds is 3. The number of hydrogen-bond acceptors (Lipinski definition) is 4. The monoisotopic (exact) mass is 292 g/mol. The second-order valence-corrected chi connectivity index (χ2v) is 5.18. The molecule has 1 aliphatic rings. The molecule has 2 heterocycles. The maximum Gasteiger partial charge on any atom is 0.246 e. The van der Waals surface area contributed by atoms with E-state index >= 15 is 0 Å². The van der Waals surface area contributed by atoms with Crippen molar-refractivity contribution in [1.29, 1.82) is 5.26 Å². The molecule has 2 aromatic rings. The fraction of sp³-hybridized carbons (Fsp3) is 0.235. The third kappa shape index (κ3) is 2.91. The van der Waals surface area contributed by atoms with Crippen molar-refractivity contribution in [3.63, 3.8) is 0 Å². The molecule has 1 aromatic carbocycles. The number of carbonyl (C=O) groups is 1. The van der Waals surface area contributed by atoms with Gasteiger partial charge in [-0.2, -0.15) is 5.26 Å². The molecule has 0 saturated heterocycles. The summed E-state index contributed by atoms with van der Waals surface area (Å²) in [4.78, 5) is 18.4. The van der Waals surface area contributed by atoms with Crippen LogP contribution in [0.2, 0.25) is 0 Å². The number of carbonyl (C=O) groups excluding carboxylic acids is 1. The average Bonchev–Trinajstić information content (AvgIpc) is 2.59. The van der Waals surface area contributed by atoms with E-state index in [0.717, 1.165) is 25.1 Å². The lowest BCUT2D eigenvalue weighted by atomic mass is 10.0. The van der Waals surface area contributed by atoms with Crippen molar-refractivity contribution >= 4 is 17.4 Å². The molecule has 1 amide bonds. The van der Waals surface area contributed by atoms with Crippen LogP contribution in [0.4, 0.5) is 11.5 Å². The van der Waals surface area contributed by atoms with E-state index < -0.39 is 0 Å². The number of nitrogens with zero attached hydrogens (tertiary/aromatic N) is 3. The lowest BCUT2D eigenvalue weighted by molar-refractivity contribution is -0.117. The molecule has 0 fully saturated rings. The Labute approximate surface area is 129 Å². The SMILES string of the molecule is N#Cc1ccc(NCC(=O)N2CCCc3ccccc32)nc1. The van der Waals surface area contributed by atoms with Gasteiger partial charge in [-0.25, -0.2) is 4.98 Å². The maximum atomic E-state index is 12.4. The molecule has 0 aliphatic carbocycles. The highest BCUT2D eigenvalue weighted by molar-refractivity contribution is 5.97. The van der Waals surface area contributed by atoms with Crippen LogP contribution >= 0.6 is 0 Å². The number of anilines is 2. The Morgan fingerprint density at radius 1 is 1.32 bits per heavy atom. The normalized spacial score (nSPS) is 13.1. The van der Waals surface area contributed by atoms with Gasteiger partial charge in [0.1, 0.15) is 11.9 Å². The predicted octanol–water partition coefficient (Wildman–Crippen LogP) is 2.34. The van der Waals surface area contributed by atoms with E-state index in [-0.39, 0.29) is 12.5 Å². The lowest BCUT2D eigenvalue weighted by Gasteiger charge is -2.29. The number of aryl methyl sites for hydroxylation is 1. The summed E-state index contributed by atoms with van der Waals surface area (Å²) < 4.78 is 0. The van der Waals surface area contributed by atoms with Crippen LogP contribution in [0.5, 0.6) is 0 Å². The first-order valence-electron chi connectivity index (χ1n) is 7.26. The van der Waals surface area contributed by atoms with E-state index in [2.05, 4.69) is 16.4 Å². The minimum absolute atomic E-state index is 0.0262. The average molecular weight is 292 g/mol. The molecule has 1 aliphatic heterocycles. The number of aromatic nitrogens is 1. The summed E-state index contributed by atoms with van der Waals surface area (Å²) in [7, 11) is 0. The molecule has 5 heteroatoms. The Kier molecular flexibility index (Phi) is 4.01. The van der Waals surface area contributed by atoms with Gasteiger partial charge in [0.05, 0.1) is 12.1 Å². The second-order valence-electron chi connectivity index (χ2n) is 5.18. The first kappa shape index (κ1) is 14.1. The fourth-order valence-electron chi connectivity index (χ4n) is 2.62. The second kappa shape index (κ2) is 6.27. The molecular weight excluding hydrogens is 276 g/mol. The first-order valence-corrected chi connectivity index (χ1v) is 7.26. The van der Waals surface area contributed by atoms with Gasteiger partial charge in [0.25, 0.3) is 0 Å².